The van der Waals surface area contributed by atoms with Crippen LogP contribution in [0.3, 0.4) is 0 Å². The molecule has 0 fully saturated rings. The molecule has 0 amide bonds. The van der Waals surface area contributed by atoms with Crippen LogP contribution in [0.1, 0.15) is 11.1 Å². The number of hydrogen-bond donors (Lipinski definition) is 2. The van der Waals surface area contributed by atoms with Crippen LogP contribution in [0.5, 0.6) is 0 Å². The van der Waals surface area contributed by atoms with Crippen LogP contribution in [-0.4, -0.2) is 31.1 Å². The Hall–Kier alpha value is -4.23. The molecule has 9 nitrogen and oxygen atoms in total. The van der Waals surface area contributed by atoms with Crippen molar-refractivity contribution in [3.63, 3.8) is 0 Å². The van der Waals surface area contributed by atoms with Gasteiger partial charge in [0.1, 0.15) is 0 Å². The minimum atomic E-state index is -1.64. The van der Waals surface area contributed by atoms with Gasteiger partial charge in [0.15, 0.2) is 22.6 Å². The van der Waals surface area contributed by atoms with Crippen LogP contribution in [0.25, 0.3) is 15.9 Å². The summed E-state index contributed by atoms with van der Waals surface area (Å²) in [6.45, 7) is 1.27. The molecule has 0 unspecified atom stereocenters. The third kappa shape index (κ3) is 4.73. The number of aryl methyl sites for hydroxylation is 1. The van der Waals surface area contributed by atoms with Crippen LogP contribution in [0, 0.1) is 24.4 Å². The van der Waals surface area contributed by atoms with Crippen molar-refractivity contribution in [2.45, 2.75) is 13.5 Å². The van der Waals surface area contributed by atoms with Crippen molar-refractivity contribution >= 4 is 49.9 Å². The number of nitrogens with zero attached hydrogens (tertiary/aromatic N) is 5. The van der Waals surface area contributed by atoms with E-state index in [-0.39, 0.29) is 22.2 Å². The zero-order valence-electron chi connectivity index (χ0n) is 19.7. The zero-order valence-corrected chi connectivity index (χ0v) is 21.3. The van der Waals surface area contributed by atoms with E-state index in [1.54, 1.807) is 32.2 Å². The monoisotopic (exact) mass is 559 g/mol. The van der Waals surface area contributed by atoms with Gasteiger partial charge in [-0.25, -0.2) is 32.3 Å². The van der Waals surface area contributed by atoms with Crippen LogP contribution < -0.4 is 22.0 Å². The molecule has 0 bridgehead atoms. The summed E-state index contributed by atoms with van der Waals surface area (Å²) >= 11 is 7.78. The number of rotatable bonds is 6. The van der Waals surface area contributed by atoms with Gasteiger partial charge in [-0.2, -0.15) is 4.98 Å². The Morgan fingerprint density at radius 1 is 1.03 bits per heavy atom. The Kier molecular flexibility index (Phi) is 6.63. The average molecular weight is 560 g/mol. The minimum Gasteiger partial charge on any atom is -0.365 e. The Morgan fingerprint density at radius 3 is 2.45 bits per heavy atom. The summed E-state index contributed by atoms with van der Waals surface area (Å²) in [4.78, 5) is 39.0. The number of anilines is 3. The Labute approximate surface area is 221 Å². The van der Waals surface area contributed by atoms with Crippen LogP contribution >= 0.6 is 22.9 Å². The number of thiazole rings is 1. The molecule has 2 aromatic carbocycles. The fourth-order valence-corrected chi connectivity index (χ4v) is 4.81. The van der Waals surface area contributed by atoms with Crippen LogP contribution in [0.2, 0.25) is 5.02 Å². The quantitative estimate of drug-likeness (QED) is 0.293. The van der Waals surface area contributed by atoms with Crippen molar-refractivity contribution in [1.29, 1.82) is 0 Å². The summed E-state index contributed by atoms with van der Waals surface area (Å²) in [5, 5.41) is 6.70. The van der Waals surface area contributed by atoms with E-state index in [2.05, 4.69) is 25.6 Å². The predicted octanol–water partition coefficient (Wildman–Crippen LogP) is 4.61. The molecule has 0 spiro atoms. The van der Waals surface area contributed by atoms with E-state index in [0.717, 1.165) is 26.0 Å². The fraction of sp³-hybridized carbons (Fsp3) is 0.125. The Balaban J connectivity index is 1.68. The highest BCUT2D eigenvalue weighted by Crippen LogP contribution is 2.34. The lowest BCUT2D eigenvalue weighted by Gasteiger charge is -2.16. The highest BCUT2D eigenvalue weighted by Gasteiger charge is 2.19. The largest absolute Gasteiger partial charge is 0.365 e. The van der Waals surface area contributed by atoms with Gasteiger partial charge in [-0.1, -0.05) is 22.9 Å². The van der Waals surface area contributed by atoms with Gasteiger partial charge in [0.2, 0.25) is 5.95 Å². The van der Waals surface area contributed by atoms with Crippen LogP contribution in [-0.2, 0) is 6.54 Å². The maximum atomic E-state index is 14.0. The first kappa shape index (κ1) is 25.4. The lowest BCUT2D eigenvalue weighted by Crippen LogP contribution is -2.41. The van der Waals surface area contributed by atoms with E-state index in [1.165, 1.54) is 23.7 Å². The van der Waals surface area contributed by atoms with Gasteiger partial charge < -0.3 is 10.6 Å². The second-order valence-corrected chi connectivity index (χ2v) is 9.65. The molecule has 3 aromatic heterocycles. The lowest BCUT2D eigenvalue weighted by atomic mass is 10.2. The number of benzene rings is 2. The molecular weight excluding hydrogens is 543 g/mol. The van der Waals surface area contributed by atoms with Crippen molar-refractivity contribution < 1.29 is 13.2 Å². The number of pyridine rings is 1. The number of hydrogen-bond acceptors (Lipinski definition) is 8. The van der Waals surface area contributed by atoms with E-state index >= 15 is 0 Å². The summed E-state index contributed by atoms with van der Waals surface area (Å²) in [6.07, 6.45) is 2.84. The van der Waals surface area contributed by atoms with E-state index in [0.29, 0.717) is 21.9 Å². The molecule has 0 aliphatic carbocycles. The van der Waals surface area contributed by atoms with E-state index in [9.17, 15) is 22.8 Å². The molecule has 5 aromatic rings. The van der Waals surface area contributed by atoms with Crippen molar-refractivity contribution in [3.05, 3.63) is 97.3 Å². The topological polar surface area (TPSA) is 107 Å². The molecule has 3 heterocycles. The van der Waals surface area contributed by atoms with Gasteiger partial charge in [-0.15, -0.1) is 0 Å². The number of fused-ring (bicyclic) bond motifs is 1. The number of aromatic nitrogens is 5. The molecule has 38 heavy (non-hydrogen) atoms. The first-order chi connectivity index (χ1) is 18.1. The van der Waals surface area contributed by atoms with Crippen molar-refractivity contribution in [1.82, 2.24) is 24.1 Å². The van der Waals surface area contributed by atoms with Crippen molar-refractivity contribution in [2.75, 3.05) is 17.7 Å². The second-order valence-electron chi connectivity index (χ2n) is 8.21. The fourth-order valence-electron chi connectivity index (χ4n) is 3.77. The summed E-state index contributed by atoms with van der Waals surface area (Å²) in [5.41, 5.74) is -0.133. The molecule has 0 aliphatic heterocycles. The Morgan fingerprint density at radius 2 is 1.76 bits per heavy atom. The average Bonchev–Trinajstić information content (AvgIpc) is 3.27. The highest BCUT2D eigenvalue weighted by molar-refractivity contribution is 7.22. The summed E-state index contributed by atoms with van der Waals surface area (Å²) in [5.74, 6) is -4.74. The smallest absolute Gasteiger partial charge is 0.359 e. The molecular formula is C24H17ClF3N7O2S. The van der Waals surface area contributed by atoms with Gasteiger partial charge in [0, 0.05) is 13.2 Å². The van der Waals surface area contributed by atoms with Crippen LogP contribution in [0.15, 0.2) is 52.3 Å². The molecule has 2 N–H and O–H groups in total. The summed E-state index contributed by atoms with van der Waals surface area (Å²) < 4.78 is 44.0. The number of halogens is 4. The third-order valence-electron chi connectivity index (χ3n) is 5.51. The first-order valence-corrected chi connectivity index (χ1v) is 12.2. The van der Waals surface area contributed by atoms with Gasteiger partial charge in [0.05, 0.1) is 39.4 Å². The Bertz CT molecular complexity index is 1810. The molecule has 0 saturated carbocycles. The minimum absolute atomic E-state index is 0.0800. The van der Waals surface area contributed by atoms with E-state index < -0.39 is 35.4 Å². The standard InChI is InChI=1S/C24H17ClF3N7O2S/c1-11-3-13(9-30-8-11)35-23(36)33-21(31-17-7-19-18(6-14(17)25)32-22(29-2)38-19)34(24(35)37)10-12-4-15(26)20(28)16(27)5-12/h3-9H,10H2,1-2H3,(H,29,32)(H,31,33,36). The molecule has 0 radical (unpaired) electrons. The lowest BCUT2D eigenvalue weighted by molar-refractivity contribution is 0.444. The highest BCUT2D eigenvalue weighted by atomic mass is 35.5. The molecule has 5 rings (SSSR count). The maximum absolute atomic E-state index is 14.0. The van der Waals surface area contributed by atoms with Crippen molar-refractivity contribution in [3.8, 4) is 5.69 Å². The summed E-state index contributed by atoms with van der Waals surface area (Å²) in [7, 11) is 1.72. The normalized spacial score (nSPS) is 11.2. The summed E-state index contributed by atoms with van der Waals surface area (Å²) in [6, 6.07) is 6.34. The zero-order chi connectivity index (χ0) is 27.1. The van der Waals surface area contributed by atoms with Gasteiger partial charge in [-0.05, 0) is 48.4 Å². The molecule has 194 valence electrons. The third-order valence-corrected chi connectivity index (χ3v) is 6.86. The van der Waals surface area contributed by atoms with Gasteiger partial charge in [-0.3, -0.25) is 9.55 Å². The number of nitrogens with one attached hydrogen (secondary N) is 2. The van der Waals surface area contributed by atoms with Crippen molar-refractivity contribution in [2.24, 2.45) is 0 Å². The van der Waals surface area contributed by atoms with E-state index in [4.69, 9.17) is 11.6 Å². The van der Waals surface area contributed by atoms with Gasteiger partial charge >= 0.3 is 11.4 Å². The molecule has 0 saturated heterocycles. The van der Waals surface area contributed by atoms with E-state index in [1.807, 2.05) is 0 Å². The molecule has 0 aliphatic rings. The van der Waals surface area contributed by atoms with Gasteiger partial charge in [0.25, 0.3) is 0 Å². The molecule has 0 atom stereocenters. The predicted molar refractivity (Wildman–Crippen MR) is 140 cm³/mol. The molecule has 14 heteroatoms. The second kappa shape index (κ2) is 9.91. The van der Waals surface area contributed by atoms with Crippen LogP contribution in [0.4, 0.5) is 29.9 Å². The SMILES string of the molecule is CNc1nc2cc(Cl)c(Nc3nc(=O)n(-c4cncc(C)c4)c(=O)n3Cc3cc(F)c(F)c(F)c3)cc2s1. The first-order valence-electron chi connectivity index (χ1n) is 11.0. The maximum Gasteiger partial charge on any atom is 0.359 e.